The fraction of sp³-hybridized carbons (Fsp3) is 0.185. The van der Waals surface area contributed by atoms with Gasteiger partial charge in [0.1, 0.15) is 12.3 Å². The smallest absolute Gasteiger partial charge is 0.283 e. The lowest BCUT2D eigenvalue weighted by Crippen LogP contribution is -2.32. The molecular formula is C27H26N4O4. The summed E-state index contributed by atoms with van der Waals surface area (Å²) in [5, 5.41) is 21.7. The second-order valence-corrected chi connectivity index (χ2v) is 8.00. The van der Waals surface area contributed by atoms with E-state index in [1.165, 1.54) is 0 Å². The number of carbonyl (C=O) groups is 2. The minimum absolute atomic E-state index is 0.0608. The first kappa shape index (κ1) is 23.7. The Labute approximate surface area is 202 Å². The quantitative estimate of drug-likeness (QED) is 0.346. The number of aromatic nitrogens is 1. The van der Waals surface area contributed by atoms with Crippen molar-refractivity contribution in [3.8, 4) is 11.6 Å². The fourth-order valence-corrected chi connectivity index (χ4v) is 3.71. The third kappa shape index (κ3) is 5.92. The topological polar surface area (TPSA) is 105 Å². The molecule has 3 aromatic carbocycles. The molecule has 0 radical (unpaired) electrons. The van der Waals surface area contributed by atoms with Crippen molar-refractivity contribution in [1.29, 1.82) is 0 Å². The van der Waals surface area contributed by atoms with Gasteiger partial charge in [0, 0.05) is 11.9 Å². The van der Waals surface area contributed by atoms with Gasteiger partial charge in [0.15, 0.2) is 12.3 Å². The standard InChI is InChI=1S/C27H26N4O4/c1-19-9-5-8-14-23(19)35-18-25(33)28-17-24(32)29-30-26-21-12-6-7-13-22(21)31(27(26)34)16-15-20-10-3-2-4-11-20/h2-14,34H,15-18H2,1H3,(H,28,33). The normalized spacial score (nSPS) is 11.1. The molecule has 0 saturated heterocycles. The molecule has 4 rings (SSSR count). The van der Waals surface area contributed by atoms with Gasteiger partial charge >= 0.3 is 0 Å². The van der Waals surface area contributed by atoms with Gasteiger partial charge in [-0.1, -0.05) is 66.7 Å². The van der Waals surface area contributed by atoms with Crippen LogP contribution >= 0.6 is 0 Å². The molecule has 8 heteroatoms. The maximum atomic E-state index is 12.2. The summed E-state index contributed by atoms with van der Waals surface area (Å²) in [6.07, 6.45) is 0.721. The molecule has 0 saturated carbocycles. The van der Waals surface area contributed by atoms with E-state index in [4.69, 9.17) is 4.74 Å². The van der Waals surface area contributed by atoms with Gasteiger partial charge in [0.2, 0.25) is 5.88 Å². The molecule has 0 aliphatic rings. The average molecular weight is 471 g/mol. The molecule has 35 heavy (non-hydrogen) atoms. The maximum absolute atomic E-state index is 12.2. The van der Waals surface area contributed by atoms with Gasteiger partial charge in [-0.05, 0) is 36.6 Å². The second kappa shape index (κ2) is 11.1. The van der Waals surface area contributed by atoms with Crippen LogP contribution in [0.15, 0.2) is 89.1 Å². The average Bonchev–Trinajstić information content (AvgIpc) is 3.15. The molecule has 0 unspecified atom stereocenters. The Hall–Kier alpha value is -4.46. The number of nitrogens with one attached hydrogen (secondary N) is 1. The van der Waals surface area contributed by atoms with Crippen LogP contribution < -0.4 is 10.1 Å². The molecule has 2 N–H and O–H groups in total. The monoisotopic (exact) mass is 470 g/mol. The molecule has 0 atom stereocenters. The lowest BCUT2D eigenvalue weighted by Gasteiger charge is -2.08. The number of rotatable bonds is 9. The first-order valence-electron chi connectivity index (χ1n) is 11.3. The highest BCUT2D eigenvalue weighted by Crippen LogP contribution is 2.38. The largest absolute Gasteiger partial charge is 0.493 e. The van der Waals surface area contributed by atoms with E-state index in [9.17, 15) is 14.7 Å². The van der Waals surface area contributed by atoms with Crippen LogP contribution in [-0.2, 0) is 22.6 Å². The Balaban J connectivity index is 1.38. The molecule has 0 aliphatic carbocycles. The Kier molecular flexibility index (Phi) is 7.52. The highest BCUT2D eigenvalue weighted by atomic mass is 16.5. The van der Waals surface area contributed by atoms with Crippen LogP contribution in [0, 0.1) is 6.92 Å². The molecule has 1 heterocycles. The molecule has 0 bridgehead atoms. The van der Waals surface area contributed by atoms with Crippen LogP contribution in [0.5, 0.6) is 11.6 Å². The van der Waals surface area contributed by atoms with Crippen LogP contribution in [0.2, 0.25) is 0 Å². The van der Waals surface area contributed by atoms with Gasteiger partial charge < -0.3 is 19.7 Å². The third-order valence-corrected chi connectivity index (χ3v) is 5.54. The number of aromatic hydroxyl groups is 1. The van der Waals surface area contributed by atoms with Crippen LogP contribution in [0.1, 0.15) is 11.1 Å². The van der Waals surface area contributed by atoms with E-state index in [-0.39, 0.29) is 24.7 Å². The minimum Gasteiger partial charge on any atom is -0.493 e. The molecule has 0 aliphatic heterocycles. The Morgan fingerprint density at radius 1 is 0.971 bits per heavy atom. The number of amides is 2. The Morgan fingerprint density at radius 2 is 1.69 bits per heavy atom. The summed E-state index contributed by atoms with van der Waals surface area (Å²) in [4.78, 5) is 24.2. The lowest BCUT2D eigenvalue weighted by molar-refractivity contribution is -0.126. The van der Waals surface area contributed by atoms with E-state index in [0.717, 1.165) is 23.1 Å². The van der Waals surface area contributed by atoms with E-state index in [1.54, 1.807) is 10.6 Å². The highest BCUT2D eigenvalue weighted by Gasteiger charge is 2.17. The molecule has 1 aromatic heterocycles. The van der Waals surface area contributed by atoms with Gasteiger partial charge in [0.05, 0.1) is 5.52 Å². The molecule has 0 fully saturated rings. The van der Waals surface area contributed by atoms with E-state index in [0.29, 0.717) is 17.7 Å². The lowest BCUT2D eigenvalue weighted by atomic mass is 10.1. The van der Waals surface area contributed by atoms with Crippen LogP contribution in [0.3, 0.4) is 0 Å². The van der Waals surface area contributed by atoms with Crippen molar-refractivity contribution in [2.75, 3.05) is 13.2 Å². The van der Waals surface area contributed by atoms with Crippen LogP contribution in [-0.4, -0.2) is 34.6 Å². The molecule has 4 aromatic rings. The second-order valence-electron chi connectivity index (χ2n) is 8.00. The molecule has 2 amide bonds. The summed E-state index contributed by atoms with van der Waals surface area (Å²) < 4.78 is 7.22. The molecule has 0 spiro atoms. The van der Waals surface area contributed by atoms with Crippen LogP contribution in [0.4, 0.5) is 5.69 Å². The number of hydrogen-bond acceptors (Lipinski definition) is 5. The van der Waals surface area contributed by atoms with Gasteiger partial charge in [0.25, 0.3) is 11.8 Å². The minimum atomic E-state index is -0.644. The summed E-state index contributed by atoms with van der Waals surface area (Å²) >= 11 is 0. The van der Waals surface area contributed by atoms with Crippen molar-refractivity contribution in [1.82, 2.24) is 9.88 Å². The molecular weight excluding hydrogens is 444 g/mol. The Bertz CT molecular complexity index is 1360. The number of nitrogens with zero attached hydrogens (tertiary/aromatic N) is 3. The first-order valence-corrected chi connectivity index (χ1v) is 11.3. The number of fused-ring (bicyclic) bond motifs is 1. The highest BCUT2D eigenvalue weighted by molar-refractivity contribution is 5.95. The van der Waals surface area contributed by atoms with Gasteiger partial charge in [-0.15, -0.1) is 10.2 Å². The predicted molar refractivity (Wildman–Crippen MR) is 133 cm³/mol. The zero-order chi connectivity index (χ0) is 24.6. The first-order chi connectivity index (χ1) is 17.0. The summed E-state index contributed by atoms with van der Waals surface area (Å²) in [5.41, 5.74) is 3.07. The van der Waals surface area contributed by atoms with E-state index in [1.807, 2.05) is 79.7 Å². The van der Waals surface area contributed by atoms with E-state index in [2.05, 4.69) is 15.5 Å². The number of para-hydroxylation sites is 2. The predicted octanol–water partition coefficient (Wildman–Crippen LogP) is 4.70. The number of benzene rings is 3. The van der Waals surface area contributed by atoms with Crippen molar-refractivity contribution >= 4 is 28.4 Å². The van der Waals surface area contributed by atoms with E-state index >= 15 is 0 Å². The van der Waals surface area contributed by atoms with E-state index < -0.39 is 11.8 Å². The number of carbonyl (C=O) groups excluding carboxylic acids is 2. The summed E-state index contributed by atoms with van der Waals surface area (Å²) in [5.74, 6) is -0.547. The Morgan fingerprint density at radius 3 is 2.49 bits per heavy atom. The SMILES string of the molecule is Cc1ccccc1OCC(=O)NCC(=O)N=Nc1c(O)n(CCc2ccccc2)c2ccccc12. The number of azo groups is 1. The molecule has 8 nitrogen and oxygen atoms in total. The van der Waals surface area contributed by atoms with Gasteiger partial charge in [-0.25, -0.2) is 0 Å². The van der Waals surface area contributed by atoms with Crippen molar-refractivity contribution in [3.63, 3.8) is 0 Å². The number of ether oxygens (including phenoxy) is 1. The van der Waals surface area contributed by atoms with Gasteiger partial charge in [-0.3, -0.25) is 9.59 Å². The zero-order valence-electron chi connectivity index (χ0n) is 19.3. The fourth-order valence-electron chi connectivity index (χ4n) is 3.71. The van der Waals surface area contributed by atoms with Crippen molar-refractivity contribution in [3.05, 3.63) is 90.0 Å². The summed E-state index contributed by atoms with van der Waals surface area (Å²) in [6, 6.07) is 24.7. The molecule has 178 valence electrons. The number of aryl methyl sites for hydroxylation is 3. The summed E-state index contributed by atoms with van der Waals surface area (Å²) in [6.45, 7) is 1.87. The third-order valence-electron chi connectivity index (χ3n) is 5.54. The number of hydrogen-bond donors (Lipinski definition) is 2. The maximum Gasteiger partial charge on any atom is 0.283 e. The van der Waals surface area contributed by atoms with Crippen LogP contribution in [0.25, 0.3) is 10.9 Å². The zero-order valence-corrected chi connectivity index (χ0v) is 19.3. The van der Waals surface area contributed by atoms with Gasteiger partial charge in [-0.2, -0.15) is 0 Å². The van der Waals surface area contributed by atoms with Crippen molar-refractivity contribution < 1.29 is 19.4 Å². The summed E-state index contributed by atoms with van der Waals surface area (Å²) in [7, 11) is 0. The van der Waals surface area contributed by atoms with Crippen molar-refractivity contribution in [2.24, 2.45) is 10.2 Å². The van der Waals surface area contributed by atoms with Crippen molar-refractivity contribution in [2.45, 2.75) is 19.9 Å².